The Morgan fingerprint density at radius 1 is 1.23 bits per heavy atom. The number of halogens is 2. The number of rotatable bonds is 6. The average Bonchev–Trinajstić information content (AvgIpc) is 2.48. The standard InChI is InChI=1S/C17H20ClFN2O/c1-20-11-16(22)17(12-4-3-5-14(19)10-12)21(2)15-8-6-13(18)7-9-15/h3-10,16-17,20,22H,11H2,1-2H3. The van der Waals surface area contributed by atoms with Gasteiger partial charge < -0.3 is 15.3 Å². The molecule has 0 aliphatic carbocycles. The molecule has 0 spiro atoms. The van der Waals surface area contributed by atoms with Crippen molar-refractivity contribution in [2.75, 3.05) is 25.5 Å². The highest BCUT2D eigenvalue weighted by molar-refractivity contribution is 6.30. The summed E-state index contributed by atoms with van der Waals surface area (Å²) in [6.45, 7) is 0.402. The molecule has 22 heavy (non-hydrogen) atoms. The van der Waals surface area contributed by atoms with Gasteiger partial charge in [0, 0.05) is 24.3 Å². The number of likely N-dealkylation sites (N-methyl/N-ethyl adjacent to an activating group) is 2. The lowest BCUT2D eigenvalue weighted by molar-refractivity contribution is 0.142. The maximum Gasteiger partial charge on any atom is 0.123 e. The van der Waals surface area contributed by atoms with E-state index in [1.165, 1.54) is 12.1 Å². The first-order chi connectivity index (χ1) is 10.5. The zero-order valence-corrected chi connectivity index (χ0v) is 13.4. The first-order valence-electron chi connectivity index (χ1n) is 7.09. The Balaban J connectivity index is 2.37. The molecule has 0 amide bonds. The van der Waals surface area contributed by atoms with Gasteiger partial charge in [0.2, 0.25) is 0 Å². The van der Waals surface area contributed by atoms with Crippen molar-refractivity contribution in [3.05, 3.63) is 64.9 Å². The van der Waals surface area contributed by atoms with Crippen LogP contribution in [0.15, 0.2) is 48.5 Å². The van der Waals surface area contributed by atoms with Crippen LogP contribution in [0.2, 0.25) is 5.02 Å². The third-order valence-electron chi connectivity index (χ3n) is 3.62. The lowest BCUT2D eigenvalue weighted by Crippen LogP contribution is -2.39. The molecule has 118 valence electrons. The molecule has 0 radical (unpaired) electrons. The van der Waals surface area contributed by atoms with Gasteiger partial charge in [-0.1, -0.05) is 23.7 Å². The van der Waals surface area contributed by atoms with Gasteiger partial charge in [0.05, 0.1) is 12.1 Å². The predicted octanol–water partition coefficient (Wildman–Crippen LogP) is 3.24. The van der Waals surface area contributed by atoms with Crippen molar-refractivity contribution >= 4 is 17.3 Å². The third kappa shape index (κ3) is 3.97. The normalized spacial score (nSPS) is 13.7. The van der Waals surface area contributed by atoms with Crippen molar-refractivity contribution < 1.29 is 9.50 Å². The van der Waals surface area contributed by atoms with Crippen LogP contribution < -0.4 is 10.2 Å². The molecule has 2 rings (SSSR count). The largest absolute Gasteiger partial charge is 0.389 e. The van der Waals surface area contributed by atoms with Crippen molar-refractivity contribution in [3.8, 4) is 0 Å². The topological polar surface area (TPSA) is 35.5 Å². The van der Waals surface area contributed by atoms with Crippen LogP contribution in [-0.2, 0) is 0 Å². The monoisotopic (exact) mass is 322 g/mol. The molecule has 5 heteroatoms. The van der Waals surface area contributed by atoms with Crippen LogP contribution in [0.1, 0.15) is 11.6 Å². The first-order valence-corrected chi connectivity index (χ1v) is 7.47. The fraction of sp³-hybridized carbons (Fsp3) is 0.294. The molecule has 2 N–H and O–H groups in total. The van der Waals surface area contributed by atoms with E-state index < -0.39 is 6.10 Å². The lowest BCUT2D eigenvalue weighted by Gasteiger charge is -2.34. The van der Waals surface area contributed by atoms with Gasteiger partial charge in [0.1, 0.15) is 5.82 Å². The zero-order valence-electron chi connectivity index (χ0n) is 12.6. The minimum absolute atomic E-state index is 0.316. The van der Waals surface area contributed by atoms with Crippen molar-refractivity contribution in [1.82, 2.24) is 5.32 Å². The minimum Gasteiger partial charge on any atom is -0.389 e. The molecule has 2 unspecified atom stereocenters. The maximum atomic E-state index is 13.6. The highest BCUT2D eigenvalue weighted by Gasteiger charge is 2.25. The van der Waals surface area contributed by atoms with E-state index in [4.69, 9.17) is 11.6 Å². The van der Waals surface area contributed by atoms with Gasteiger partial charge in [-0.15, -0.1) is 0 Å². The van der Waals surface area contributed by atoms with E-state index in [2.05, 4.69) is 5.32 Å². The Bertz CT molecular complexity index is 606. The number of anilines is 1. The summed E-state index contributed by atoms with van der Waals surface area (Å²) in [5, 5.41) is 14.1. The van der Waals surface area contributed by atoms with E-state index in [0.29, 0.717) is 11.6 Å². The maximum absolute atomic E-state index is 13.6. The van der Waals surface area contributed by atoms with Gasteiger partial charge in [-0.2, -0.15) is 0 Å². The first kappa shape index (κ1) is 16.7. The summed E-state index contributed by atoms with van der Waals surface area (Å²) in [5.74, 6) is -0.316. The van der Waals surface area contributed by atoms with Crippen molar-refractivity contribution in [1.29, 1.82) is 0 Å². The Morgan fingerprint density at radius 3 is 2.50 bits per heavy atom. The summed E-state index contributed by atoms with van der Waals surface area (Å²) in [7, 11) is 3.64. The van der Waals surface area contributed by atoms with E-state index in [0.717, 1.165) is 11.3 Å². The Hall–Kier alpha value is -1.62. The smallest absolute Gasteiger partial charge is 0.123 e. The third-order valence-corrected chi connectivity index (χ3v) is 3.87. The lowest BCUT2D eigenvalue weighted by atomic mass is 9.99. The Morgan fingerprint density at radius 2 is 1.91 bits per heavy atom. The van der Waals surface area contributed by atoms with Crippen LogP contribution in [0, 0.1) is 5.82 Å². The molecule has 0 bridgehead atoms. The minimum atomic E-state index is -0.688. The van der Waals surface area contributed by atoms with Gasteiger partial charge in [-0.3, -0.25) is 0 Å². The molecule has 3 nitrogen and oxygen atoms in total. The molecule has 0 saturated heterocycles. The fourth-order valence-electron chi connectivity index (χ4n) is 2.55. The van der Waals surface area contributed by atoms with Crippen molar-refractivity contribution in [2.24, 2.45) is 0 Å². The van der Waals surface area contributed by atoms with Crippen LogP contribution >= 0.6 is 11.6 Å². The van der Waals surface area contributed by atoms with Crippen LogP contribution in [0.3, 0.4) is 0 Å². The molecule has 0 aliphatic rings. The number of benzene rings is 2. The van der Waals surface area contributed by atoms with Crippen LogP contribution in [0.5, 0.6) is 0 Å². The molecule has 0 saturated carbocycles. The predicted molar refractivity (Wildman–Crippen MR) is 88.9 cm³/mol. The summed E-state index contributed by atoms with van der Waals surface area (Å²) < 4.78 is 13.6. The molecule has 2 aromatic rings. The zero-order chi connectivity index (χ0) is 16.1. The Kier molecular flexibility index (Phi) is 5.77. The fourth-order valence-corrected chi connectivity index (χ4v) is 2.68. The number of hydrogen-bond donors (Lipinski definition) is 2. The quantitative estimate of drug-likeness (QED) is 0.857. The van der Waals surface area contributed by atoms with Crippen molar-refractivity contribution in [3.63, 3.8) is 0 Å². The van der Waals surface area contributed by atoms with E-state index in [1.807, 2.05) is 30.1 Å². The molecular formula is C17H20ClFN2O. The second-order valence-corrected chi connectivity index (χ2v) is 5.65. The average molecular weight is 323 g/mol. The molecule has 0 heterocycles. The molecule has 2 atom stereocenters. The summed E-state index contributed by atoms with van der Waals surface area (Å²) in [4.78, 5) is 1.92. The number of nitrogens with zero attached hydrogens (tertiary/aromatic N) is 1. The summed E-state index contributed by atoms with van der Waals surface area (Å²) in [6.07, 6.45) is -0.688. The molecule has 0 fully saturated rings. The van der Waals surface area contributed by atoms with Gasteiger partial charge in [0.15, 0.2) is 0 Å². The van der Waals surface area contributed by atoms with Gasteiger partial charge in [-0.05, 0) is 49.0 Å². The van der Waals surface area contributed by atoms with E-state index in [1.54, 1.807) is 25.2 Å². The number of hydrogen-bond acceptors (Lipinski definition) is 3. The molecular weight excluding hydrogens is 303 g/mol. The number of aliphatic hydroxyl groups excluding tert-OH is 1. The van der Waals surface area contributed by atoms with Gasteiger partial charge in [-0.25, -0.2) is 4.39 Å². The second kappa shape index (κ2) is 7.58. The second-order valence-electron chi connectivity index (χ2n) is 5.21. The summed E-state index contributed by atoms with van der Waals surface area (Å²) in [5.41, 5.74) is 1.62. The number of nitrogens with one attached hydrogen (secondary N) is 1. The molecule has 0 aliphatic heterocycles. The van der Waals surface area contributed by atoms with Crippen molar-refractivity contribution in [2.45, 2.75) is 12.1 Å². The Labute approximate surface area is 135 Å². The molecule has 0 aromatic heterocycles. The van der Waals surface area contributed by atoms with Crippen LogP contribution in [0.25, 0.3) is 0 Å². The van der Waals surface area contributed by atoms with E-state index >= 15 is 0 Å². The highest BCUT2D eigenvalue weighted by Crippen LogP contribution is 2.29. The van der Waals surface area contributed by atoms with Gasteiger partial charge >= 0.3 is 0 Å². The van der Waals surface area contributed by atoms with E-state index in [9.17, 15) is 9.50 Å². The van der Waals surface area contributed by atoms with E-state index in [-0.39, 0.29) is 11.9 Å². The number of aliphatic hydroxyl groups is 1. The van der Waals surface area contributed by atoms with Crippen LogP contribution in [0.4, 0.5) is 10.1 Å². The highest BCUT2D eigenvalue weighted by atomic mass is 35.5. The van der Waals surface area contributed by atoms with Gasteiger partial charge in [0.25, 0.3) is 0 Å². The summed E-state index contributed by atoms with van der Waals surface area (Å²) in [6, 6.07) is 13.3. The van der Waals surface area contributed by atoms with Crippen LogP contribution in [-0.4, -0.2) is 31.9 Å². The molecule has 2 aromatic carbocycles. The summed E-state index contributed by atoms with van der Waals surface area (Å²) >= 11 is 5.92. The SMILES string of the molecule is CNCC(O)C(c1cccc(F)c1)N(C)c1ccc(Cl)cc1.